The second-order valence-corrected chi connectivity index (χ2v) is 6.87. The molecule has 4 heteroatoms. The zero-order valence-corrected chi connectivity index (χ0v) is 10.7. The maximum atomic E-state index is 8.35. The van der Waals surface area contributed by atoms with E-state index >= 15 is 0 Å². The number of hydrogen-bond donors (Lipinski definition) is 0. The van der Waals surface area contributed by atoms with Crippen molar-refractivity contribution in [2.45, 2.75) is 32.4 Å². The summed E-state index contributed by atoms with van der Waals surface area (Å²) < 4.78 is 0.898. The Morgan fingerprint density at radius 3 is 2.54 bits per heavy atom. The summed E-state index contributed by atoms with van der Waals surface area (Å²) in [7, 11) is 0. The van der Waals surface area contributed by atoms with Gasteiger partial charge in [0.2, 0.25) is 0 Å². The summed E-state index contributed by atoms with van der Waals surface area (Å²) in [6.45, 7) is 6.61. The van der Waals surface area contributed by atoms with Crippen LogP contribution in [0.1, 0.15) is 27.2 Å². The fourth-order valence-electron chi connectivity index (χ4n) is 1.00. The topological polar surface area (TPSA) is 23.8 Å². The predicted octanol–water partition coefficient (Wildman–Crippen LogP) is 3.70. The van der Waals surface area contributed by atoms with Gasteiger partial charge >= 0.3 is 0 Å². The van der Waals surface area contributed by atoms with Crippen LogP contribution in [0, 0.1) is 17.2 Å². The van der Waals surface area contributed by atoms with Gasteiger partial charge in [-0.15, -0.1) is 11.8 Å². The van der Waals surface area contributed by atoms with Crippen LogP contribution in [0.25, 0.3) is 0 Å². The zero-order chi connectivity index (χ0) is 10.3. The van der Waals surface area contributed by atoms with Gasteiger partial charge in [0.1, 0.15) is 3.53 Å². The molecule has 0 radical (unpaired) electrons. The molecule has 0 heterocycles. The van der Waals surface area contributed by atoms with Gasteiger partial charge in [-0.3, -0.25) is 0 Å². The Bertz CT molecular complexity index is 196. The van der Waals surface area contributed by atoms with Gasteiger partial charge in [0, 0.05) is 5.25 Å². The molecule has 1 nitrogen and oxygen atoms in total. The molecule has 0 aromatic rings. The number of hydrogen-bond acceptors (Lipinski definition) is 4. The first-order valence-corrected chi connectivity index (χ1v) is 6.54. The minimum atomic E-state index is 0.472. The van der Waals surface area contributed by atoms with Crippen LogP contribution < -0.4 is 0 Å². The fraction of sp³-hybridized carbons (Fsp3) is 0.778. The lowest BCUT2D eigenvalue weighted by molar-refractivity contribution is 0.586. The average molecular weight is 233 g/mol. The first-order valence-electron chi connectivity index (χ1n) is 4.26. The molecule has 0 saturated carbocycles. The molecule has 74 valence electrons. The molecule has 0 fully saturated rings. The SMILES string of the molecule is CC(C)CC(C)SC(=S)SCC#N. The number of nitrogens with zero attached hydrogens (tertiary/aromatic N) is 1. The molecule has 0 rings (SSSR count). The Balaban J connectivity index is 3.60. The average Bonchev–Trinajstić information content (AvgIpc) is 1.98. The minimum absolute atomic E-state index is 0.472. The van der Waals surface area contributed by atoms with E-state index in [0.717, 1.165) is 3.53 Å². The zero-order valence-electron chi connectivity index (χ0n) is 8.24. The van der Waals surface area contributed by atoms with Gasteiger partial charge < -0.3 is 0 Å². The van der Waals surface area contributed by atoms with Crippen molar-refractivity contribution in [3.63, 3.8) is 0 Å². The van der Waals surface area contributed by atoms with Crippen LogP contribution in [0.15, 0.2) is 0 Å². The van der Waals surface area contributed by atoms with Crippen LogP contribution in [0.5, 0.6) is 0 Å². The van der Waals surface area contributed by atoms with Gasteiger partial charge in [0.05, 0.1) is 11.8 Å². The Labute approximate surface area is 94.7 Å². The molecule has 1 atom stereocenters. The summed E-state index contributed by atoms with van der Waals surface area (Å²) in [4.78, 5) is 0. The molecule has 0 aromatic heterocycles. The Hall–Kier alpha value is 0.280. The minimum Gasteiger partial charge on any atom is -0.197 e. The van der Waals surface area contributed by atoms with Crippen LogP contribution >= 0.6 is 35.7 Å². The third-order valence-corrected chi connectivity index (χ3v) is 3.94. The molecule has 0 spiro atoms. The molecule has 0 bridgehead atoms. The normalized spacial score (nSPS) is 12.5. The van der Waals surface area contributed by atoms with Crippen molar-refractivity contribution in [1.29, 1.82) is 5.26 Å². The second kappa shape index (κ2) is 7.66. The summed E-state index contributed by atoms with van der Waals surface area (Å²) >= 11 is 8.30. The molecular weight excluding hydrogens is 218 g/mol. The summed E-state index contributed by atoms with van der Waals surface area (Å²) in [5, 5.41) is 8.92. The van der Waals surface area contributed by atoms with Crippen molar-refractivity contribution in [3.8, 4) is 6.07 Å². The molecule has 0 aliphatic heterocycles. The quantitative estimate of drug-likeness (QED) is 0.691. The lowest BCUT2D eigenvalue weighted by Gasteiger charge is -2.12. The van der Waals surface area contributed by atoms with Gasteiger partial charge in [-0.1, -0.05) is 44.8 Å². The van der Waals surface area contributed by atoms with Crippen molar-refractivity contribution in [3.05, 3.63) is 0 Å². The Kier molecular flexibility index (Phi) is 7.83. The van der Waals surface area contributed by atoms with Gasteiger partial charge in [0.25, 0.3) is 0 Å². The molecule has 0 aromatic carbocycles. The van der Waals surface area contributed by atoms with Crippen LogP contribution in [0.2, 0.25) is 0 Å². The van der Waals surface area contributed by atoms with E-state index in [9.17, 15) is 0 Å². The highest BCUT2D eigenvalue weighted by molar-refractivity contribution is 8.47. The standard InChI is InChI=1S/C9H15NS3/c1-7(2)6-8(3)13-9(11)12-5-4-10/h7-8H,5-6H2,1-3H3. The van der Waals surface area contributed by atoms with Gasteiger partial charge in [-0.2, -0.15) is 5.26 Å². The maximum absolute atomic E-state index is 8.35. The molecular formula is C9H15NS3. The maximum Gasteiger partial charge on any atom is 0.105 e. The van der Waals surface area contributed by atoms with Crippen molar-refractivity contribution >= 4 is 39.3 Å². The van der Waals surface area contributed by atoms with Gasteiger partial charge in [0.15, 0.2) is 0 Å². The highest BCUT2D eigenvalue weighted by Gasteiger charge is 2.08. The van der Waals surface area contributed by atoms with E-state index in [2.05, 4.69) is 26.8 Å². The molecule has 0 aliphatic carbocycles. The van der Waals surface area contributed by atoms with Gasteiger partial charge in [-0.05, 0) is 12.3 Å². The molecule has 0 aliphatic rings. The summed E-state index contributed by atoms with van der Waals surface area (Å²) in [5.74, 6) is 1.19. The summed E-state index contributed by atoms with van der Waals surface area (Å²) in [6, 6.07) is 2.07. The highest BCUT2D eigenvalue weighted by atomic mass is 32.2. The van der Waals surface area contributed by atoms with E-state index in [-0.39, 0.29) is 0 Å². The van der Waals surface area contributed by atoms with Crippen molar-refractivity contribution in [2.75, 3.05) is 5.75 Å². The van der Waals surface area contributed by atoms with E-state index in [1.165, 1.54) is 18.2 Å². The first kappa shape index (κ1) is 13.3. The van der Waals surface area contributed by atoms with Crippen LogP contribution in [0.3, 0.4) is 0 Å². The van der Waals surface area contributed by atoms with E-state index in [0.29, 0.717) is 16.9 Å². The summed E-state index contributed by atoms with van der Waals surface area (Å²) in [6.07, 6.45) is 1.18. The molecule has 0 saturated heterocycles. The molecule has 0 amide bonds. The smallest absolute Gasteiger partial charge is 0.105 e. The van der Waals surface area contributed by atoms with E-state index in [4.69, 9.17) is 17.5 Å². The van der Waals surface area contributed by atoms with Gasteiger partial charge in [-0.25, -0.2) is 0 Å². The lowest BCUT2D eigenvalue weighted by Crippen LogP contribution is -2.03. The number of thiocarbonyl (C=S) groups is 1. The van der Waals surface area contributed by atoms with Crippen molar-refractivity contribution < 1.29 is 0 Å². The molecule has 1 unspecified atom stereocenters. The predicted molar refractivity (Wildman–Crippen MR) is 67.2 cm³/mol. The monoisotopic (exact) mass is 233 g/mol. The van der Waals surface area contributed by atoms with Crippen LogP contribution in [-0.2, 0) is 0 Å². The largest absolute Gasteiger partial charge is 0.197 e. The number of rotatable bonds is 4. The molecule has 0 N–H and O–H groups in total. The molecule has 13 heavy (non-hydrogen) atoms. The van der Waals surface area contributed by atoms with Crippen molar-refractivity contribution in [2.24, 2.45) is 5.92 Å². The highest BCUT2D eigenvalue weighted by Crippen LogP contribution is 2.25. The van der Waals surface area contributed by atoms with E-state index < -0.39 is 0 Å². The first-order chi connectivity index (χ1) is 6.06. The van der Waals surface area contributed by atoms with Crippen molar-refractivity contribution in [1.82, 2.24) is 0 Å². The van der Waals surface area contributed by atoms with E-state index in [1.54, 1.807) is 11.8 Å². The number of nitriles is 1. The van der Waals surface area contributed by atoms with E-state index in [1.807, 2.05) is 0 Å². The third kappa shape index (κ3) is 8.61. The number of thioether (sulfide) groups is 2. The second-order valence-electron chi connectivity index (χ2n) is 3.25. The van der Waals surface area contributed by atoms with Crippen LogP contribution in [-0.4, -0.2) is 14.5 Å². The van der Waals surface area contributed by atoms with Crippen LogP contribution in [0.4, 0.5) is 0 Å². The Morgan fingerprint density at radius 2 is 2.08 bits per heavy atom. The summed E-state index contributed by atoms with van der Waals surface area (Å²) in [5.41, 5.74) is 0. The third-order valence-electron chi connectivity index (χ3n) is 1.36. The lowest BCUT2D eigenvalue weighted by atomic mass is 10.1. The fourth-order valence-corrected chi connectivity index (χ4v) is 3.60. The Morgan fingerprint density at radius 1 is 1.46 bits per heavy atom.